The van der Waals surface area contributed by atoms with Crippen LogP contribution in [-0.4, -0.2) is 47.9 Å². The Morgan fingerprint density at radius 1 is 1.14 bits per heavy atom. The van der Waals surface area contributed by atoms with E-state index in [0.717, 1.165) is 24.1 Å². The van der Waals surface area contributed by atoms with Crippen LogP contribution in [0.25, 0.3) is 0 Å². The molecule has 1 aliphatic heterocycles. The van der Waals surface area contributed by atoms with Crippen molar-refractivity contribution in [3.63, 3.8) is 0 Å². The van der Waals surface area contributed by atoms with Crippen molar-refractivity contribution in [2.24, 2.45) is 5.92 Å². The van der Waals surface area contributed by atoms with Gasteiger partial charge in [0, 0.05) is 42.8 Å². The lowest BCUT2D eigenvalue weighted by Crippen LogP contribution is -2.52. The molecule has 0 radical (unpaired) electrons. The van der Waals surface area contributed by atoms with E-state index < -0.39 is 0 Å². The summed E-state index contributed by atoms with van der Waals surface area (Å²) < 4.78 is 0. The quantitative estimate of drug-likeness (QED) is 0.910. The Hall–Kier alpha value is -1.75. The van der Waals surface area contributed by atoms with E-state index in [2.05, 4.69) is 5.32 Å². The first-order valence-electron chi connectivity index (χ1n) is 7.65. The summed E-state index contributed by atoms with van der Waals surface area (Å²) in [6.07, 6.45) is 2.05. The third-order valence-corrected chi connectivity index (χ3v) is 4.47. The lowest BCUT2D eigenvalue weighted by Gasteiger charge is -2.35. The molecule has 5 nitrogen and oxygen atoms in total. The topological polar surface area (TPSA) is 52.7 Å². The predicted octanol–water partition coefficient (Wildman–Crippen LogP) is 2.73. The highest BCUT2D eigenvalue weighted by Gasteiger charge is 2.35. The number of amides is 3. The molecule has 1 saturated heterocycles. The molecule has 1 aromatic carbocycles. The second-order valence-electron chi connectivity index (χ2n) is 5.98. The molecule has 1 N–H and O–H groups in total. The third-order valence-electron chi connectivity index (χ3n) is 4.24. The summed E-state index contributed by atoms with van der Waals surface area (Å²) in [5.74, 6) is 0.505. The molecular formula is C16H20ClN3O2. The minimum absolute atomic E-state index is 0.121. The van der Waals surface area contributed by atoms with Crippen LogP contribution in [0.2, 0.25) is 5.02 Å². The Morgan fingerprint density at radius 2 is 1.77 bits per heavy atom. The van der Waals surface area contributed by atoms with Crippen LogP contribution in [0.4, 0.5) is 10.5 Å². The minimum atomic E-state index is -0.121. The van der Waals surface area contributed by atoms with E-state index in [1.807, 2.05) is 24.0 Å². The smallest absolute Gasteiger partial charge is 0.321 e. The molecular weight excluding hydrogens is 302 g/mol. The maximum atomic E-state index is 12.3. The van der Waals surface area contributed by atoms with E-state index in [9.17, 15) is 9.59 Å². The number of hydrogen-bond acceptors (Lipinski definition) is 2. The molecule has 22 heavy (non-hydrogen) atoms. The molecule has 6 heteroatoms. The second-order valence-corrected chi connectivity index (χ2v) is 6.41. The van der Waals surface area contributed by atoms with Crippen molar-refractivity contribution in [2.75, 3.05) is 31.5 Å². The number of nitrogens with zero attached hydrogens (tertiary/aromatic N) is 2. The van der Waals surface area contributed by atoms with Crippen LogP contribution in [0, 0.1) is 12.8 Å². The van der Waals surface area contributed by atoms with Crippen LogP contribution in [0.15, 0.2) is 18.2 Å². The maximum absolute atomic E-state index is 12.3. The summed E-state index contributed by atoms with van der Waals surface area (Å²) in [5.41, 5.74) is 1.70. The summed E-state index contributed by atoms with van der Waals surface area (Å²) in [6.45, 7) is 4.33. The number of anilines is 1. The van der Waals surface area contributed by atoms with Gasteiger partial charge in [-0.1, -0.05) is 11.6 Å². The van der Waals surface area contributed by atoms with Crippen molar-refractivity contribution in [3.8, 4) is 0 Å². The number of hydrogen-bond donors (Lipinski definition) is 1. The number of nitrogens with one attached hydrogen (secondary N) is 1. The van der Waals surface area contributed by atoms with Crippen molar-refractivity contribution in [2.45, 2.75) is 19.8 Å². The summed E-state index contributed by atoms with van der Waals surface area (Å²) in [7, 11) is 0. The van der Waals surface area contributed by atoms with Gasteiger partial charge in [0.2, 0.25) is 5.91 Å². The van der Waals surface area contributed by atoms with Gasteiger partial charge in [0.15, 0.2) is 0 Å². The van der Waals surface area contributed by atoms with Crippen molar-refractivity contribution in [1.82, 2.24) is 9.80 Å². The molecule has 0 atom stereocenters. The van der Waals surface area contributed by atoms with Crippen LogP contribution in [0.5, 0.6) is 0 Å². The van der Waals surface area contributed by atoms with Crippen LogP contribution in [0.3, 0.4) is 0 Å². The van der Waals surface area contributed by atoms with E-state index in [-0.39, 0.29) is 17.9 Å². The lowest BCUT2D eigenvalue weighted by molar-refractivity contribution is -0.133. The normalized spacial score (nSPS) is 18.3. The van der Waals surface area contributed by atoms with E-state index >= 15 is 0 Å². The highest BCUT2D eigenvalue weighted by Crippen LogP contribution is 2.31. The van der Waals surface area contributed by atoms with Crippen molar-refractivity contribution in [3.05, 3.63) is 28.8 Å². The molecule has 3 rings (SSSR count). The number of piperazine rings is 1. The van der Waals surface area contributed by atoms with E-state index in [1.54, 1.807) is 11.0 Å². The zero-order valence-electron chi connectivity index (χ0n) is 12.6. The number of aryl methyl sites for hydroxylation is 1. The Balaban J connectivity index is 1.54. The van der Waals surface area contributed by atoms with Crippen LogP contribution >= 0.6 is 11.6 Å². The summed E-state index contributed by atoms with van der Waals surface area (Å²) >= 11 is 5.92. The van der Waals surface area contributed by atoms with Crippen molar-refractivity contribution in [1.29, 1.82) is 0 Å². The number of rotatable bonds is 2. The fraction of sp³-hybridized carbons (Fsp3) is 0.500. The SMILES string of the molecule is Cc1cc(Cl)ccc1NC(=O)N1CCN(C(=O)C2CC2)CC1. The molecule has 0 unspecified atom stereocenters. The Labute approximate surface area is 135 Å². The second kappa shape index (κ2) is 6.16. The molecule has 118 valence electrons. The zero-order valence-corrected chi connectivity index (χ0v) is 13.4. The van der Waals surface area contributed by atoms with Crippen LogP contribution in [-0.2, 0) is 4.79 Å². The molecule has 2 fully saturated rings. The van der Waals surface area contributed by atoms with Crippen molar-refractivity contribution >= 4 is 29.2 Å². The van der Waals surface area contributed by atoms with E-state index in [0.29, 0.717) is 31.2 Å². The Morgan fingerprint density at radius 3 is 2.36 bits per heavy atom. The van der Waals surface area contributed by atoms with Gasteiger partial charge in [0.05, 0.1) is 0 Å². The summed E-state index contributed by atoms with van der Waals surface area (Å²) in [4.78, 5) is 27.9. The van der Waals surface area contributed by atoms with Crippen molar-refractivity contribution < 1.29 is 9.59 Å². The van der Waals surface area contributed by atoms with Gasteiger partial charge in [-0.25, -0.2) is 4.79 Å². The molecule has 0 bridgehead atoms. The zero-order chi connectivity index (χ0) is 15.7. The van der Waals surface area contributed by atoms with Gasteiger partial charge in [-0.2, -0.15) is 0 Å². The monoisotopic (exact) mass is 321 g/mol. The highest BCUT2D eigenvalue weighted by molar-refractivity contribution is 6.30. The standard InChI is InChI=1S/C16H20ClN3O2/c1-11-10-13(17)4-5-14(11)18-16(22)20-8-6-19(7-9-20)15(21)12-2-3-12/h4-5,10,12H,2-3,6-9H2,1H3,(H,18,22). The number of carbonyl (C=O) groups is 2. The van der Waals surface area contributed by atoms with E-state index in [4.69, 9.17) is 11.6 Å². The Bertz CT molecular complexity index is 593. The molecule has 0 spiro atoms. The van der Waals surface area contributed by atoms with E-state index in [1.165, 1.54) is 0 Å². The van der Waals surface area contributed by atoms with Gasteiger partial charge in [0.25, 0.3) is 0 Å². The molecule has 1 heterocycles. The number of urea groups is 1. The first-order chi connectivity index (χ1) is 10.5. The van der Waals surface area contributed by atoms with Gasteiger partial charge in [-0.3, -0.25) is 4.79 Å². The maximum Gasteiger partial charge on any atom is 0.321 e. The summed E-state index contributed by atoms with van der Waals surface area (Å²) in [6, 6.07) is 5.27. The molecule has 1 aliphatic carbocycles. The largest absolute Gasteiger partial charge is 0.339 e. The molecule has 1 saturated carbocycles. The van der Waals surface area contributed by atoms with Gasteiger partial charge < -0.3 is 15.1 Å². The number of carbonyl (C=O) groups excluding carboxylic acids is 2. The molecule has 3 amide bonds. The lowest BCUT2D eigenvalue weighted by atomic mass is 10.2. The van der Waals surface area contributed by atoms with Gasteiger partial charge in [0.1, 0.15) is 0 Å². The summed E-state index contributed by atoms with van der Waals surface area (Å²) in [5, 5.41) is 3.57. The van der Waals surface area contributed by atoms with Gasteiger partial charge in [-0.05, 0) is 43.5 Å². The highest BCUT2D eigenvalue weighted by atomic mass is 35.5. The number of benzene rings is 1. The Kier molecular flexibility index (Phi) is 4.25. The fourth-order valence-electron chi connectivity index (χ4n) is 2.68. The fourth-order valence-corrected chi connectivity index (χ4v) is 2.91. The van der Waals surface area contributed by atoms with Crippen LogP contribution in [0.1, 0.15) is 18.4 Å². The third kappa shape index (κ3) is 3.35. The minimum Gasteiger partial charge on any atom is -0.339 e. The predicted molar refractivity (Wildman–Crippen MR) is 86.1 cm³/mol. The van der Waals surface area contributed by atoms with Gasteiger partial charge >= 0.3 is 6.03 Å². The average Bonchev–Trinajstić information content (AvgIpc) is 3.34. The first-order valence-corrected chi connectivity index (χ1v) is 8.03. The average molecular weight is 322 g/mol. The first kappa shape index (κ1) is 15.2. The molecule has 1 aromatic rings. The molecule has 2 aliphatic rings. The number of halogens is 1. The van der Waals surface area contributed by atoms with Crippen LogP contribution < -0.4 is 5.32 Å². The molecule has 0 aromatic heterocycles. The van der Waals surface area contributed by atoms with Gasteiger partial charge in [-0.15, -0.1) is 0 Å².